The van der Waals surface area contributed by atoms with Crippen LogP contribution in [0.25, 0.3) is 10.8 Å². The third-order valence-electron chi connectivity index (χ3n) is 3.66. The van der Waals surface area contributed by atoms with E-state index in [4.69, 9.17) is 4.42 Å². The van der Waals surface area contributed by atoms with Crippen molar-refractivity contribution in [3.8, 4) is 10.8 Å². The van der Waals surface area contributed by atoms with E-state index in [0.29, 0.717) is 29.6 Å². The summed E-state index contributed by atoms with van der Waals surface area (Å²) in [5, 5.41) is 12.3. The van der Waals surface area contributed by atoms with Crippen LogP contribution < -0.4 is 0 Å². The molecule has 1 amide bonds. The van der Waals surface area contributed by atoms with E-state index < -0.39 is 6.10 Å². The number of hydrogen-bond donors (Lipinski definition) is 1. The third kappa shape index (κ3) is 2.48. The van der Waals surface area contributed by atoms with E-state index in [-0.39, 0.29) is 11.8 Å². The summed E-state index contributed by atoms with van der Waals surface area (Å²) < 4.78 is 5.27. The quantitative estimate of drug-likeness (QED) is 0.922. The summed E-state index contributed by atoms with van der Waals surface area (Å²) >= 11 is 1.39. The molecule has 1 aliphatic rings. The molecule has 1 aliphatic heterocycles. The molecule has 1 fully saturated rings. The number of piperidine rings is 1. The van der Waals surface area contributed by atoms with E-state index in [0.717, 1.165) is 6.42 Å². The van der Waals surface area contributed by atoms with E-state index in [1.54, 1.807) is 22.6 Å². The predicted octanol–water partition coefficient (Wildman–Crippen LogP) is 2.25. The maximum absolute atomic E-state index is 12.4. The number of aliphatic hydroxyl groups excluding tert-OH is 1. The number of carbonyl (C=O) groups excluding carboxylic acids is 1. The minimum atomic E-state index is -0.448. The van der Waals surface area contributed by atoms with Gasteiger partial charge in [0.15, 0.2) is 10.8 Å². The Morgan fingerprint density at radius 2 is 2.45 bits per heavy atom. The molecule has 5 nitrogen and oxygen atoms in total. The molecule has 20 heavy (non-hydrogen) atoms. The number of carbonyl (C=O) groups is 1. The van der Waals surface area contributed by atoms with E-state index in [1.165, 1.54) is 11.3 Å². The largest absolute Gasteiger partial charge is 0.462 e. The van der Waals surface area contributed by atoms with Crippen LogP contribution in [0.5, 0.6) is 0 Å². The van der Waals surface area contributed by atoms with Crippen LogP contribution in [0.3, 0.4) is 0 Å². The number of amides is 1. The average molecular weight is 292 g/mol. The number of β-amino-alcohol motifs (C(OH)–C–C–N with tert-alkyl or cyclic N) is 1. The number of aromatic nitrogens is 1. The molecule has 0 radical (unpaired) electrons. The SMILES string of the molecule is CC1CCN(C(=O)c2csc(-c3ccco3)n2)CC1O. The van der Waals surface area contributed by atoms with Gasteiger partial charge in [-0.25, -0.2) is 4.98 Å². The van der Waals surface area contributed by atoms with Gasteiger partial charge in [0.1, 0.15) is 5.69 Å². The van der Waals surface area contributed by atoms with E-state index in [9.17, 15) is 9.90 Å². The van der Waals surface area contributed by atoms with Crippen molar-refractivity contribution in [2.75, 3.05) is 13.1 Å². The molecule has 0 aromatic carbocycles. The van der Waals surface area contributed by atoms with Gasteiger partial charge < -0.3 is 14.4 Å². The topological polar surface area (TPSA) is 66.6 Å². The molecule has 0 saturated carbocycles. The molecule has 3 rings (SSSR count). The average Bonchev–Trinajstić information content (AvgIpc) is 3.11. The lowest BCUT2D eigenvalue weighted by Crippen LogP contribution is -2.45. The lowest BCUT2D eigenvalue weighted by atomic mass is 9.96. The van der Waals surface area contributed by atoms with Crippen molar-refractivity contribution < 1.29 is 14.3 Å². The van der Waals surface area contributed by atoms with E-state index in [1.807, 2.05) is 13.0 Å². The minimum Gasteiger partial charge on any atom is -0.462 e. The molecule has 1 saturated heterocycles. The molecular weight excluding hydrogens is 276 g/mol. The number of furan rings is 1. The zero-order chi connectivity index (χ0) is 14.1. The zero-order valence-electron chi connectivity index (χ0n) is 11.2. The second kappa shape index (κ2) is 5.38. The Hall–Kier alpha value is -1.66. The molecule has 1 N–H and O–H groups in total. The second-order valence-corrected chi connectivity index (χ2v) is 5.96. The summed E-state index contributed by atoms with van der Waals surface area (Å²) in [5.74, 6) is 0.791. The van der Waals surface area contributed by atoms with Crippen LogP contribution in [0.1, 0.15) is 23.8 Å². The third-order valence-corrected chi connectivity index (χ3v) is 4.52. The second-order valence-electron chi connectivity index (χ2n) is 5.10. The Kier molecular flexibility index (Phi) is 3.58. The molecule has 0 aliphatic carbocycles. The van der Waals surface area contributed by atoms with Crippen molar-refractivity contribution in [2.24, 2.45) is 5.92 Å². The number of likely N-dealkylation sites (tertiary alicyclic amines) is 1. The molecule has 0 bridgehead atoms. The van der Waals surface area contributed by atoms with E-state index in [2.05, 4.69) is 4.98 Å². The Bertz CT molecular complexity index is 593. The van der Waals surface area contributed by atoms with Gasteiger partial charge in [0.05, 0.1) is 12.4 Å². The number of thiazole rings is 1. The van der Waals surface area contributed by atoms with Crippen molar-refractivity contribution in [3.05, 3.63) is 29.5 Å². The van der Waals surface area contributed by atoms with Gasteiger partial charge in [-0.3, -0.25) is 4.79 Å². The monoisotopic (exact) mass is 292 g/mol. The molecule has 2 atom stereocenters. The molecule has 0 spiro atoms. The van der Waals surface area contributed by atoms with Crippen molar-refractivity contribution >= 4 is 17.2 Å². The van der Waals surface area contributed by atoms with Gasteiger partial charge >= 0.3 is 0 Å². The maximum Gasteiger partial charge on any atom is 0.273 e. The fourth-order valence-corrected chi connectivity index (χ4v) is 3.04. The van der Waals surface area contributed by atoms with Crippen molar-refractivity contribution in [3.63, 3.8) is 0 Å². The molecule has 2 unspecified atom stereocenters. The zero-order valence-corrected chi connectivity index (χ0v) is 12.0. The number of rotatable bonds is 2. The number of nitrogens with zero attached hydrogens (tertiary/aromatic N) is 2. The van der Waals surface area contributed by atoms with Gasteiger partial charge in [-0.2, -0.15) is 0 Å². The Labute approximate surface area is 120 Å². The fraction of sp³-hybridized carbons (Fsp3) is 0.429. The highest BCUT2D eigenvalue weighted by Crippen LogP contribution is 2.25. The predicted molar refractivity (Wildman–Crippen MR) is 75.5 cm³/mol. The Morgan fingerprint density at radius 1 is 1.60 bits per heavy atom. The summed E-state index contributed by atoms with van der Waals surface area (Å²) in [6.45, 7) is 3.06. The van der Waals surface area contributed by atoms with Crippen LogP contribution >= 0.6 is 11.3 Å². The standard InChI is InChI=1S/C14H16N2O3S/c1-9-4-5-16(7-11(9)17)14(18)10-8-20-13(15-10)12-3-2-6-19-12/h2-3,6,8-9,11,17H,4-5,7H2,1H3. The molecule has 3 heterocycles. The lowest BCUT2D eigenvalue weighted by molar-refractivity contribution is 0.0246. The Balaban J connectivity index is 1.75. The van der Waals surface area contributed by atoms with Crippen LogP contribution in [-0.2, 0) is 0 Å². The summed E-state index contributed by atoms with van der Waals surface area (Å²) in [4.78, 5) is 18.4. The van der Waals surface area contributed by atoms with Gasteiger partial charge in [-0.05, 0) is 24.5 Å². The summed E-state index contributed by atoms with van der Waals surface area (Å²) in [7, 11) is 0. The molecule has 2 aromatic rings. The highest BCUT2D eigenvalue weighted by atomic mass is 32.1. The summed E-state index contributed by atoms with van der Waals surface area (Å²) in [6.07, 6.45) is 1.96. The molecular formula is C14H16N2O3S. The van der Waals surface area contributed by atoms with Crippen molar-refractivity contribution in [2.45, 2.75) is 19.4 Å². The van der Waals surface area contributed by atoms with Crippen LogP contribution in [0.15, 0.2) is 28.2 Å². The van der Waals surface area contributed by atoms with Gasteiger partial charge in [0.25, 0.3) is 5.91 Å². The van der Waals surface area contributed by atoms with Crippen LogP contribution in [0.4, 0.5) is 0 Å². The first kappa shape index (κ1) is 13.3. The van der Waals surface area contributed by atoms with Crippen LogP contribution in [0, 0.1) is 5.92 Å². The van der Waals surface area contributed by atoms with Crippen molar-refractivity contribution in [1.82, 2.24) is 9.88 Å². The number of aliphatic hydroxyl groups is 1. The first-order valence-electron chi connectivity index (χ1n) is 6.62. The molecule has 6 heteroatoms. The van der Waals surface area contributed by atoms with Gasteiger partial charge in [-0.1, -0.05) is 6.92 Å². The van der Waals surface area contributed by atoms with Gasteiger partial charge in [-0.15, -0.1) is 11.3 Å². The molecule has 106 valence electrons. The Morgan fingerprint density at radius 3 is 3.15 bits per heavy atom. The van der Waals surface area contributed by atoms with E-state index >= 15 is 0 Å². The normalized spacial score (nSPS) is 23.0. The van der Waals surface area contributed by atoms with Crippen molar-refractivity contribution in [1.29, 1.82) is 0 Å². The first-order chi connectivity index (χ1) is 9.65. The summed E-state index contributed by atoms with van der Waals surface area (Å²) in [6, 6.07) is 3.61. The van der Waals surface area contributed by atoms with Gasteiger partial charge in [0, 0.05) is 18.5 Å². The number of hydrogen-bond acceptors (Lipinski definition) is 5. The van der Waals surface area contributed by atoms with Gasteiger partial charge in [0.2, 0.25) is 0 Å². The molecule has 2 aromatic heterocycles. The highest BCUT2D eigenvalue weighted by Gasteiger charge is 2.29. The summed E-state index contributed by atoms with van der Waals surface area (Å²) in [5.41, 5.74) is 0.420. The fourth-order valence-electron chi connectivity index (χ4n) is 2.28. The first-order valence-corrected chi connectivity index (χ1v) is 7.50. The highest BCUT2D eigenvalue weighted by molar-refractivity contribution is 7.13. The van der Waals surface area contributed by atoms with Crippen LogP contribution in [0.2, 0.25) is 0 Å². The lowest BCUT2D eigenvalue weighted by Gasteiger charge is -2.33. The van der Waals surface area contributed by atoms with Crippen LogP contribution in [-0.4, -0.2) is 40.1 Å². The maximum atomic E-state index is 12.4. The smallest absolute Gasteiger partial charge is 0.273 e. The minimum absolute atomic E-state index is 0.120.